The lowest BCUT2D eigenvalue weighted by Crippen LogP contribution is -1.79. The van der Waals surface area contributed by atoms with Gasteiger partial charge in [0.25, 0.3) is 0 Å². The molecule has 68 valence electrons. The first kappa shape index (κ1) is 7.71. The first-order valence-corrected chi connectivity index (χ1v) is 3.47. The third-order valence-electron chi connectivity index (χ3n) is 1.29. The van der Waals surface area contributed by atoms with Gasteiger partial charge in [-0.1, -0.05) is 10.2 Å². The fraction of sp³-hybridized carbons (Fsp3) is 0.333. The molecule has 2 heterocycles. The summed E-state index contributed by atoms with van der Waals surface area (Å²) in [6.07, 6.45) is 0.0610. The molecule has 2 aromatic heterocycles. The smallest absolute Gasteiger partial charge is 0.414 e. The molecule has 13 heavy (non-hydrogen) atoms. The molecular formula is C6H6N4O3. The second-order valence-electron chi connectivity index (χ2n) is 2.20. The van der Waals surface area contributed by atoms with Crippen LogP contribution in [0.15, 0.2) is 8.83 Å². The highest BCUT2D eigenvalue weighted by Crippen LogP contribution is 2.18. The maximum atomic E-state index is 5.05. The van der Waals surface area contributed by atoms with Crippen LogP contribution in [0.4, 0.5) is 0 Å². The lowest BCUT2D eigenvalue weighted by molar-refractivity contribution is 0.291. The summed E-state index contributed by atoms with van der Waals surface area (Å²) in [4.78, 5) is 0. The minimum Gasteiger partial charge on any atom is -0.452 e. The van der Waals surface area contributed by atoms with Crippen molar-refractivity contribution >= 4 is 0 Å². The highest BCUT2D eigenvalue weighted by atomic mass is 16.6. The number of rotatable bonds is 2. The normalized spacial score (nSPS) is 10.3. The van der Waals surface area contributed by atoms with E-state index >= 15 is 0 Å². The summed E-state index contributed by atoms with van der Waals surface area (Å²) in [6, 6.07) is 0. The zero-order chi connectivity index (χ0) is 9.26. The molecule has 0 aliphatic heterocycles. The largest absolute Gasteiger partial charge is 0.452 e. The number of ether oxygens (including phenoxy) is 1. The van der Waals surface area contributed by atoms with Crippen molar-refractivity contribution < 1.29 is 13.6 Å². The van der Waals surface area contributed by atoms with Crippen LogP contribution in [0.5, 0.6) is 6.08 Å². The summed E-state index contributed by atoms with van der Waals surface area (Å²) < 4.78 is 14.7. The maximum Gasteiger partial charge on any atom is 0.414 e. The molecule has 0 spiro atoms. The monoisotopic (exact) mass is 182 g/mol. The molecule has 0 aliphatic rings. The van der Waals surface area contributed by atoms with E-state index in [1.165, 1.54) is 7.11 Å². The zero-order valence-corrected chi connectivity index (χ0v) is 7.01. The zero-order valence-electron chi connectivity index (χ0n) is 7.01. The molecule has 0 unspecified atom stereocenters. The molecule has 0 aromatic carbocycles. The number of hydrogen-bond donors (Lipinski definition) is 0. The average Bonchev–Trinajstić information content (AvgIpc) is 2.71. The fourth-order valence-electron chi connectivity index (χ4n) is 0.762. The Bertz CT molecular complexity index is 407. The molecule has 0 radical (unpaired) electrons. The molecule has 0 bridgehead atoms. The van der Waals surface area contributed by atoms with Crippen molar-refractivity contribution in [3.8, 4) is 17.9 Å². The molecule has 0 aliphatic carbocycles. The topological polar surface area (TPSA) is 87.1 Å². The van der Waals surface area contributed by atoms with Gasteiger partial charge in [-0.15, -0.1) is 10.2 Å². The van der Waals surface area contributed by atoms with E-state index in [0.29, 0.717) is 5.89 Å². The summed E-state index contributed by atoms with van der Waals surface area (Å²) in [7, 11) is 1.43. The van der Waals surface area contributed by atoms with Gasteiger partial charge in [0.15, 0.2) is 0 Å². The predicted octanol–water partition coefficient (Wildman–Crippen LogP) is 0.437. The Kier molecular flexibility index (Phi) is 1.69. The molecular weight excluding hydrogens is 176 g/mol. The van der Waals surface area contributed by atoms with Crippen molar-refractivity contribution in [2.24, 2.45) is 0 Å². The van der Waals surface area contributed by atoms with Crippen molar-refractivity contribution in [1.29, 1.82) is 0 Å². The van der Waals surface area contributed by atoms with Crippen LogP contribution in [-0.2, 0) is 0 Å². The maximum absolute atomic E-state index is 5.05. The molecule has 2 aromatic rings. The molecule has 0 atom stereocenters. The Morgan fingerprint density at radius 2 is 1.69 bits per heavy atom. The van der Waals surface area contributed by atoms with E-state index in [9.17, 15) is 0 Å². The fourth-order valence-corrected chi connectivity index (χ4v) is 0.762. The first-order valence-electron chi connectivity index (χ1n) is 3.47. The van der Waals surface area contributed by atoms with E-state index in [1.807, 2.05) is 0 Å². The number of aryl methyl sites for hydroxylation is 1. The SMILES string of the molecule is COc1nnc(-c2nnc(C)o2)o1. The Balaban J connectivity index is 2.35. The minimum atomic E-state index is 0.0610. The number of aromatic nitrogens is 4. The van der Waals surface area contributed by atoms with E-state index in [-0.39, 0.29) is 17.9 Å². The third kappa shape index (κ3) is 1.35. The molecule has 0 amide bonds. The summed E-state index contributed by atoms with van der Waals surface area (Å²) >= 11 is 0. The van der Waals surface area contributed by atoms with Crippen molar-refractivity contribution in [3.63, 3.8) is 0 Å². The van der Waals surface area contributed by atoms with Crippen LogP contribution in [-0.4, -0.2) is 27.5 Å². The lowest BCUT2D eigenvalue weighted by atomic mass is 10.7. The van der Waals surface area contributed by atoms with Crippen LogP contribution in [0.25, 0.3) is 11.8 Å². The average molecular weight is 182 g/mol. The van der Waals surface area contributed by atoms with Crippen molar-refractivity contribution in [1.82, 2.24) is 20.4 Å². The van der Waals surface area contributed by atoms with Gasteiger partial charge in [0, 0.05) is 6.92 Å². The third-order valence-corrected chi connectivity index (χ3v) is 1.29. The van der Waals surface area contributed by atoms with Crippen LogP contribution in [0, 0.1) is 6.92 Å². The molecule has 7 nitrogen and oxygen atoms in total. The molecule has 0 fully saturated rings. The molecule has 0 saturated carbocycles. The van der Waals surface area contributed by atoms with E-state index < -0.39 is 0 Å². The van der Waals surface area contributed by atoms with Gasteiger partial charge in [-0.05, 0) is 0 Å². The van der Waals surface area contributed by atoms with Crippen molar-refractivity contribution in [2.45, 2.75) is 6.92 Å². The van der Waals surface area contributed by atoms with E-state index in [4.69, 9.17) is 13.6 Å². The van der Waals surface area contributed by atoms with Crippen LogP contribution in [0.2, 0.25) is 0 Å². The van der Waals surface area contributed by atoms with Gasteiger partial charge in [0.05, 0.1) is 7.11 Å². The van der Waals surface area contributed by atoms with Crippen molar-refractivity contribution in [3.05, 3.63) is 5.89 Å². The first-order chi connectivity index (χ1) is 6.29. The van der Waals surface area contributed by atoms with Gasteiger partial charge in [0.2, 0.25) is 5.89 Å². The van der Waals surface area contributed by atoms with E-state index in [1.54, 1.807) is 6.92 Å². The van der Waals surface area contributed by atoms with Gasteiger partial charge < -0.3 is 13.6 Å². The second kappa shape index (κ2) is 2.85. The van der Waals surface area contributed by atoms with E-state index in [0.717, 1.165) is 0 Å². The van der Waals surface area contributed by atoms with Gasteiger partial charge in [-0.3, -0.25) is 0 Å². The van der Waals surface area contributed by atoms with Crippen LogP contribution < -0.4 is 4.74 Å². The van der Waals surface area contributed by atoms with Gasteiger partial charge in [-0.25, -0.2) is 0 Å². The number of methoxy groups -OCH3 is 1. The van der Waals surface area contributed by atoms with Crippen LogP contribution in [0.3, 0.4) is 0 Å². The number of nitrogens with zero attached hydrogens (tertiary/aromatic N) is 4. The lowest BCUT2D eigenvalue weighted by Gasteiger charge is -1.84. The summed E-state index contributed by atoms with van der Waals surface area (Å²) in [5.41, 5.74) is 0. The van der Waals surface area contributed by atoms with E-state index in [2.05, 4.69) is 20.4 Å². The second-order valence-corrected chi connectivity index (χ2v) is 2.20. The van der Waals surface area contributed by atoms with Crippen LogP contribution >= 0.6 is 0 Å². The highest BCUT2D eigenvalue weighted by molar-refractivity contribution is 5.34. The predicted molar refractivity (Wildman–Crippen MR) is 38.9 cm³/mol. The Morgan fingerprint density at radius 3 is 2.23 bits per heavy atom. The van der Waals surface area contributed by atoms with Gasteiger partial charge in [0.1, 0.15) is 0 Å². The Morgan fingerprint density at radius 1 is 1.00 bits per heavy atom. The van der Waals surface area contributed by atoms with Gasteiger partial charge >= 0.3 is 17.9 Å². The van der Waals surface area contributed by atoms with Crippen molar-refractivity contribution in [2.75, 3.05) is 7.11 Å². The van der Waals surface area contributed by atoms with Gasteiger partial charge in [-0.2, -0.15) is 0 Å². The summed E-state index contributed by atoms with van der Waals surface area (Å²) in [5, 5.41) is 14.5. The Hall–Kier alpha value is -1.92. The quantitative estimate of drug-likeness (QED) is 0.665. The molecule has 0 saturated heterocycles. The van der Waals surface area contributed by atoms with Crippen LogP contribution in [0.1, 0.15) is 5.89 Å². The minimum absolute atomic E-state index is 0.0610. The summed E-state index contributed by atoms with van der Waals surface area (Å²) in [5.74, 6) is 0.776. The highest BCUT2D eigenvalue weighted by Gasteiger charge is 2.14. The summed E-state index contributed by atoms with van der Waals surface area (Å²) in [6.45, 7) is 1.67. The molecule has 0 N–H and O–H groups in total. The number of hydrogen-bond acceptors (Lipinski definition) is 7. The molecule has 2 rings (SSSR count). The Labute approximate surface area is 72.7 Å². The molecule has 7 heteroatoms. The standard InChI is InChI=1S/C6H6N4O3/c1-3-7-8-4(12-3)5-9-10-6(11-2)13-5/h1-2H3.